The van der Waals surface area contributed by atoms with Crippen molar-refractivity contribution in [2.24, 2.45) is 16.3 Å². The number of ether oxygens (including phenoxy) is 1. The van der Waals surface area contributed by atoms with E-state index in [0.717, 1.165) is 39.1 Å². The van der Waals surface area contributed by atoms with Gasteiger partial charge in [0.05, 0.1) is 13.2 Å². The summed E-state index contributed by atoms with van der Waals surface area (Å²) in [6, 6.07) is 0. The predicted molar refractivity (Wildman–Crippen MR) is 72.9 cm³/mol. The summed E-state index contributed by atoms with van der Waals surface area (Å²) < 4.78 is 5.50. The summed E-state index contributed by atoms with van der Waals surface area (Å²) in [6.45, 7) is 12.0. The van der Waals surface area contributed by atoms with Gasteiger partial charge in [-0.25, -0.2) is 0 Å². The Morgan fingerprint density at radius 3 is 2.72 bits per heavy atom. The average Bonchev–Trinajstić information content (AvgIpc) is 2.29. The molecule has 1 aliphatic heterocycles. The second-order valence-corrected chi connectivity index (χ2v) is 6.32. The molecule has 0 atom stereocenters. The van der Waals surface area contributed by atoms with E-state index in [-0.39, 0.29) is 11.0 Å². The standard InChI is InChI=1S/C13H27N3O2/c1-12(2,11(14)15-17)6-5-7-16-8-9-18-10-13(16,3)4/h17H,5-10H2,1-4H3,(H2,14,15). The van der Waals surface area contributed by atoms with Crippen molar-refractivity contribution in [1.82, 2.24) is 4.90 Å². The van der Waals surface area contributed by atoms with E-state index in [1.54, 1.807) is 0 Å². The molecule has 1 aliphatic rings. The van der Waals surface area contributed by atoms with Gasteiger partial charge in [-0.1, -0.05) is 19.0 Å². The van der Waals surface area contributed by atoms with E-state index in [0.29, 0.717) is 5.84 Å². The Morgan fingerprint density at radius 1 is 1.50 bits per heavy atom. The van der Waals surface area contributed by atoms with Crippen molar-refractivity contribution in [2.75, 3.05) is 26.3 Å². The smallest absolute Gasteiger partial charge is 0.144 e. The third-order valence-electron chi connectivity index (χ3n) is 3.85. The topological polar surface area (TPSA) is 71.1 Å². The van der Waals surface area contributed by atoms with Crippen molar-refractivity contribution in [2.45, 2.75) is 46.1 Å². The molecule has 1 fully saturated rings. The van der Waals surface area contributed by atoms with Crippen molar-refractivity contribution in [3.8, 4) is 0 Å². The molecule has 0 spiro atoms. The molecule has 0 unspecified atom stereocenters. The van der Waals surface area contributed by atoms with Gasteiger partial charge in [-0.2, -0.15) is 0 Å². The van der Waals surface area contributed by atoms with Gasteiger partial charge in [-0.3, -0.25) is 4.90 Å². The van der Waals surface area contributed by atoms with Crippen LogP contribution >= 0.6 is 0 Å². The Kier molecular flexibility index (Phi) is 4.99. The van der Waals surface area contributed by atoms with E-state index >= 15 is 0 Å². The quantitative estimate of drug-likeness (QED) is 0.340. The number of hydrogen-bond acceptors (Lipinski definition) is 4. The highest BCUT2D eigenvalue weighted by Crippen LogP contribution is 2.25. The highest BCUT2D eigenvalue weighted by Gasteiger charge is 2.31. The van der Waals surface area contributed by atoms with Gasteiger partial charge >= 0.3 is 0 Å². The van der Waals surface area contributed by atoms with Gasteiger partial charge in [0.15, 0.2) is 0 Å². The van der Waals surface area contributed by atoms with Crippen LogP contribution in [0.15, 0.2) is 5.16 Å². The van der Waals surface area contributed by atoms with Gasteiger partial charge in [0, 0.05) is 17.5 Å². The molecule has 0 aliphatic carbocycles. The van der Waals surface area contributed by atoms with E-state index in [4.69, 9.17) is 15.7 Å². The van der Waals surface area contributed by atoms with Crippen LogP contribution in [0.2, 0.25) is 0 Å². The van der Waals surface area contributed by atoms with E-state index in [9.17, 15) is 0 Å². The van der Waals surface area contributed by atoms with Gasteiger partial charge in [-0.05, 0) is 33.2 Å². The molecule has 1 rings (SSSR count). The summed E-state index contributed by atoms with van der Waals surface area (Å²) in [4.78, 5) is 2.46. The fraction of sp³-hybridized carbons (Fsp3) is 0.923. The van der Waals surface area contributed by atoms with Gasteiger partial charge in [-0.15, -0.1) is 0 Å². The van der Waals surface area contributed by atoms with Crippen molar-refractivity contribution >= 4 is 5.84 Å². The summed E-state index contributed by atoms with van der Waals surface area (Å²) in [5.74, 6) is 0.309. The minimum absolute atomic E-state index is 0.110. The first kappa shape index (κ1) is 15.2. The molecule has 0 bridgehead atoms. The van der Waals surface area contributed by atoms with E-state index in [1.807, 2.05) is 13.8 Å². The van der Waals surface area contributed by atoms with Crippen molar-refractivity contribution in [1.29, 1.82) is 0 Å². The Bertz CT molecular complexity index is 301. The van der Waals surface area contributed by atoms with Crippen LogP contribution in [-0.4, -0.2) is 47.8 Å². The minimum atomic E-state index is -0.245. The molecule has 0 aromatic carbocycles. The lowest BCUT2D eigenvalue weighted by Gasteiger charge is -2.42. The van der Waals surface area contributed by atoms with Crippen molar-refractivity contribution < 1.29 is 9.94 Å². The largest absolute Gasteiger partial charge is 0.409 e. The molecule has 3 N–H and O–H groups in total. The molecule has 0 aromatic heterocycles. The Balaban J connectivity index is 2.42. The van der Waals surface area contributed by atoms with Crippen LogP contribution in [0.5, 0.6) is 0 Å². The Morgan fingerprint density at radius 2 is 2.17 bits per heavy atom. The third-order valence-corrected chi connectivity index (χ3v) is 3.85. The Hall–Kier alpha value is -0.810. The number of hydrogen-bond donors (Lipinski definition) is 2. The second-order valence-electron chi connectivity index (χ2n) is 6.32. The summed E-state index contributed by atoms with van der Waals surface area (Å²) >= 11 is 0. The first-order valence-electron chi connectivity index (χ1n) is 6.60. The lowest BCUT2D eigenvalue weighted by molar-refractivity contribution is -0.0518. The monoisotopic (exact) mass is 257 g/mol. The minimum Gasteiger partial charge on any atom is -0.409 e. The second kappa shape index (κ2) is 5.89. The number of amidine groups is 1. The molecular formula is C13H27N3O2. The SMILES string of the molecule is CC(C)(CCCN1CCOCC1(C)C)C(N)=NO. The molecule has 0 aromatic rings. The molecule has 0 amide bonds. The summed E-state index contributed by atoms with van der Waals surface area (Å²) in [6.07, 6.45) is 1.95. The van der Waals surface area contributed by atoms with Gasteiger partial charge in [0.2, 0.25) is 0 Å². The highest BCUT2D eigenvalue weighted by molar-refractivity contribution is 5.85. The van der Waals surface area contributed by atoms with Crippen LogP contribution in [0.1, 0.15) is 40.5 Å². The highest BCUT2D eigenvalue weighted by atomic mass is 16.5. The molecule has 1 saturated heterocycles. The fourth-order valence-electron chi connectivity index (χ4n) is 2.28. The lowest BCUT2D eigenvalue weighted by Crippen LogP contribution is -2.53. The summed E-state index contributed by atoms with van der Waals surface area (Å²) in [5, 5.41) is 11.9. The third kappa shape index (κ3) is 3.85. The predicted octanol–water partition coefficient (Wildman–Crippen LogP) is 1.65. The lowest BCUT2D eigenvalue weighted by atomic mass is 9.86. The molecule has 5 heteroatoms. The number of nitrogens with two attached hydrogens (primary N) is 1. The number of nitrogens with zero attached hydrogens (tertiary/aromatic N) is 2. The average molecular weight is 257 g/mol. The van der Waals surface area contributed by atoms with Crippen molar-refractivity contribution in [3.63, 3.8) is 0 Å². The normalized spacial score (nSPS) is 22.1. The van der Waals surface area contributed by atoms with Gasteiger partial charge < -0.3 is 15.7 Å². The molecule has 1 heterocycles. The van der Waals surface area contributed by atoms with Gasteiger partial charge in [0.1, 0.15) is 5.84 Å². The summed E-state index contributed by atoms with van der Waals surface area (Å²) in [5.41, 5.74) is 5.55. The maximum absolute atomic E-state index is 8.74. The molecular weight excluding hydrogens is 230 g/mol. The van der Waals surface area contributed by atoms with Crippen LogP contribution < -0.4 is 5.73 Å². The molecule has 0 saturated carbocycles. The zero-order valence-corrected chi connectivity index (χ0v) is 12.1. The number of morpholine rings is 1. The number of oxime groups is 1. The molecule has 0 radical (unpaired) electrons. The van der Waals surface area contributed by atoms with Crippen LogP contribution in [0.3, 0.4) is 0 Å². The Labute approximate surface area is 110 Å². The molecule has 18 heavy (non-hydrogen) atoms. The van der Waals surface area contributed by atoms with E-state index < -0.39 is 0 Å². The maximum Gasteiger partial charge on any atom is 0.144 e. The van der Waals surface area contributed by atoms with Crippen LogP contribution in [0.4, 0.5) is 0 Å². The molecule has 106 valence electrons. The first-order chi connectivity index (χ1) is 8.29. The van der Waals surface area contributed by atoms with E-state index in [1.165, 1.54) is 0 Å². The number of rotatable bonds is 5. The zero-order valence-electron chi connectivity index (χ0n) is 12.1. The fourth-order valence-corrected chi connectivity index (χ4v) is 2.28. The first-order valence-corrected chi connectivity index (χ1v) is 6.60. The van der Waals surface area contributed by atoms with Crippen LogP contribution in [-0.2, 0) is 4.74 Å². The van der Waals surface area contributed by atoms with Crippen LogP contribution in [0, 0.1) is 5.41 Å². The summed E-state index contributed by atoms with van der Waals surface area (Å²) in [7, 11) is 0. The zero-order chi connectivity index (χ0) is 13.8. The maximum atomic E-state index is 8.74. The van der Waals surface area contributed by atoms with E-state index in [2.05, 4.69) is 23.9 Å². The van der Waals surface area contributed by atoms with Gasteiger partial charge in [0.25, 0.3) is 0 Å². The van der Waals surface area contributed by atoms with Crippen LogP contribution in [0.25, 0.3) is 0 Å². The molecule has 5 nitrogen and oxygen atoms in total. The van der Waals surface area contributed by atoms with Crippen molar-refractivity contribution in [3.05, 3.63) is 0 Å².